The van der Waals surface area contributed by atoms with Gasteiger partial charge in [-0.1, -0.05) is 12.1 Å². The molecule has 1 aliphatic heterocycles. The average molecular weight is 262 g/mol. The van der Waals surface area contributed by atoms with E-state index < -0.39 is 0 Å². The van der Waals surface area contributed by atoms with Gasteiger partial charge in [0.2, 0.25) is 0 Å². The van der Waals surface area contributed by atoms with Crippen LogP contribution in [0.5, 0.6) is 5.75 Å². The molecular weight excluding hydrogens is 248 g/mol. The Bertz CT molecular complexity index is 518. The fraction of sp³-hybridized carbons (Fsp3) is 0.231. The van der Waals surface area contributed by atoms with Crippen LogP contribution >= 0.6 is 11.8 Å². The summed E-state index contributed by atoms with van der Waals surface area (Å²) in [5, 5.41) is 0.297. The quantitative estimate of drug-likeness (QED) is 0.849. The van der Waals surface area contributed by atoms with Crippen molar-refractivity contribution in [2.75, 3.05) is 0 Å². The zero-order valence-corrected chi connectivity index (χ0v) is 11.0. The van der Waals surface area contributed by atoms with Crippen LogP contribution < -0.4 is 10.5 Å². The Hall–Kier alpha value is -1.75. The van der Waals surface area contributed by atoms with Gasteiger partial charge in [-0.25, -0.2) is 0 Å². The first-order valence-electron chi connectivity index (χ1n) is 5.59. The highest BCUT2D eigenvalue weighted by Crippen LogP contribution is 2.26. The number of thioether (sulfide) groups is 1. The normalized spacial score (nSPS) is 17.4. The van der Waals surface area contributed by atoms with Crippen molar-refractivity contribution in [2.24, 2.45) is 10.7 Å². The summed E-state index contributed by atoms with van der Waals surface area (Å²) in [6.07, 6.45) is 1.92. The van der Waals surface area contributed by atoms with E-state index in [0.717, 1.165) is 11.3 Å². The molecule has 0 radical (unpaired) electrons. The van der Waals surface area contributed by atoms with E-state index in [4.69, 9.17) is 10.5 Å². The van der Waals surface area contributed by atoms with Crippen LogP contribution in [0.4, 0.5) is 0 Å². The summed E-state index contributed by atoms with van der Waals surface area (Å²) in [6.45, 7) is 3.95. The Morgan fingerprint density at radius 1 is 1.33 bits per heavy atom. The fourth-order valence-electron chi connectivity index (χ4n) is 1.49. The van der Waals surface area contributed by atoms with Crippen molar-refractivity contribution in [2.45, 2.75) is 20.0 Å². The Morgan fingerprint density at radius 2 is 2.00 bits per heavy atom. The van der Waals surface area contributed by atoms with Crippen LogP contribution in [0.1, 0.15) is 19.4 Å². The third-order valence-corrected chi connectivity index (χ3v) is 3.00. The zero-order valence-electron chi connectivity index (χ0n) is 10.2. The topological polar surface area (TPSA) is 64.7 Å². The number of hydrogen-bond donors (Lipinski definition) is 1. The van der Waals surface area contributed by atoms with Gasteiger partial charge < -0.3 is 10.5 Å². The number of aliphatic imine (C=N–C) groups is 1. The van der Waals surface area contributed by atoms with E-state index in [0.29, 0.717) is 10.1 Å². The molecule has 2 N–H and O–H groups in total. The van der Waals surface area contributed by atoms with Crippen LogP contribution in [0, 0.1) is 0 Å². The number of nitrogens with zero attached hydrogens (tertiary/aromatic N) is 1. The molecular formula is C13H14N2O2S. The lowest BCUT2D eigenvalue weighted by atomic mass is 10.2. The number of rotatable bonds is 3. The van der Waals surface area contributed by atoms with Crippen LogP contribution in [0.3, 0.4) is 0 Å². The van der Waals surface area contributed by atoms with E-state index in [2.05, 4.69) is 4.99 Å². The predicted molar refractivity (Wildman–Crippen MR) is 74.4 cm³/mol. The second-order valence-electron chi connectivity index (χ2n) is 4.10. The van der Waals surface area contributed by atoms with Gasteiger partial charge in [-0.3, -0.25) is 4.79 Å². The van der Waals surface area contributed by atoms with Crippen molar-refractivity contribution in [3.63, 3.8) is 0 Å². The summed E-state index contributed by atoms with van der Waals surface area (Å²) in [7, 11) is 0. The van der Waals surface area contributed by atoms with E-state index >= 15 is 0 Å². The van der Waals surface area contributed by atoms with E-state index in [-0.39, 0.29) is 12.0 Å². The van der Waals surface area contributed by atoms with Crippen LogP contribution in [0.15, 0.2) is 34.2 Å². The standard InChI is InChI=1S/C13H14N2O2S/c1-8(2)17-10-5-3-9(4-6-10)7-11-12(16)15-13(14)18-11/h3-8H,1-2H3,(H2,14,15,16)/b11-7+. The summed E-state index contributed by atoms with van der Waals surface area (Å²) in [4.78, 5) is 15.6. The smallest absolute Gasteiger partial charge is 0.286 e. The molecule has 1 heterocycles. The molecule has 0 atom stereocenters. The molecule has 2 rings (SSSR count). The van der Waals surface area contributed by atoms with E-state index in [9.17, 15) is 4.79 Å². The molecule has 0 spiro atoms. The summed E-state index contributed by atoms with van der Waals surface area (Å²) in [5.74, 6) is 0.535. The Labute approximate surface area is 110 Å². The van der Waals surface area contributed by atoms with Crippen molar-refractivity contribution in [3.05, 3.63) is 34.7 Å². The fourth-order valence-corrected chi connectivity index (χ4v) is 2.17. The first-order chi connectivity index (χ1) is 8.54. The molecule has 1 amide bonds. The van der Waals surface area contributed by atoms with Crippen molar-refractivity contribution in [1.82, 2.24) is 0 Å². The van der Waals surface area contributed by atoms with E-state index in [1.165, 1.54) is 11.8 Å². The number of nitrogens with two attached hydrogens (primary N) is 1. The summed E-state index contributed by atoms with van der Waals surface area (Å²) >= 11 is 1.19. The number of carbonyl (C=O) groups is 1. The molecule has 0 aromatic heterocycles. The van der Waals surface area contributed by atoms with Gasteiger partial charge in [-0.2, -0.15) is 4.99 Å². The van der Waals surface area contributed by atoms with E-state index in [1.807, 2.05) is 38.1 Å². The molecule has 0 fully saturated rings. The van der Waals surface area contributed by atoms with Crippen molar-refractivity contribution < 1.29 is 9.53 Å². The molecule has 0 unspecified atom stereocenters. The summed E-state index contributed by atoms with van der Waals surface area (Å²) < 4.78 is 5.54. The average Bonchev–Trinajstić information content (AvgIpc) is 2.59. The summed E-state index contributed by atoms with van der Waals surface area (Å²) in [6, 6.07) is 7.54. The van der Waals surface area contributed by atoms with Crippen LogP contribution in [-0.4, -0.2) is 17.2 Å². The molecule has 0 aliphatic carbocycles. The molecule has 0 saturated heterocycles. The summed E-state index contributed by atoms with van der Waals surface area (Å²) in [5.41, 5.74) is 6.40. The van der Waals surface area contributed by atoms with Crippen molar-refractivity contribution in [3.8, 4) is 5.75 Å². The lowest BCUT2D eigenvalue weighted by Gasteiger charge is -2.09. The van der Waals surface area contributed by atoms with Gasteiger partial charge >= 0.3 is 0 Å². The number of benzene rings is 1. The lowest BCUT2D eigenvalue weighted by Crippen LogP contribution is -2.05. The number of hydrogen-bond acceptors (Lipinski definition) is 4. The molecule has 94 valence electrons. The third kappa shape index (κ3) is 3.13. The second-order valence-corrected chi connectivity index (χ2v) is 5.16. The van der Waals surface area contributed by atoms with Gasteiger partial charge in [0.15, 0.2) is 5.17 Å². The number of amides is 1. The Kier molecular flexibility index (Phi) is 3.72. The molecule has 4 nitrogen and oxygen atoms in total. The first-order valence-corrected chi connectivity index (χ1v) is 6.41. The second kappa shape index (κ2) is 5.27. The van der Waals surface area contributed by atoms with Gasteiger partial charge in [-0.05, 0) is 49.4 Å². The highest BCUT2D eigenvalue weighted by Gasteiger charge is 2.19. The molecule has 1 aliphatic rings. The van der Waals surface area contributed by atoms with Gasteiger partial charge in [0.25, 0.3) is 5.91 Å². The Balaban J connectivity index is 2.12. The SMILES string of the molecule is CC(C)Oc1ccc(/C=C2/SC(N)=NC2=O)cc1. The minimum Gasteiger partial charge on any atom is -0.491 e. The van der Waals surface area contributed by atoms with E-state index in [1.54, 1.807) is 6.08 Å². The largest absolute Gasteiger partial charge is 0.491 e. The van der Waals surface area contributed by atoms with Gasteiger partial charge in [0, 0.05) is 0 Å². The monoisotopic (exact) mass is 262 g/mol. The van der Waals surface area contributed by atoms with Gasteiger partial charge in [-0.15, -0.1) is 0 Å². The Morgan fingerprint density at radius 3 is 2.50 bits per heavy atom. The maximum absolute atomic E-state index is 11.4. The van der Waals surface area contributed by atoms with Crippen molar-refractivity contribution >= 4 is 28.9 Å². The number of amidine groups is 1. The molecule has 18 heavy (non-hydrogen) atoms. The molecule has 0 saturated carbocycles. The van der Waals surface area contributed by atoms with Gasteiger partial charge in [0.1, 0.15) is 5.75 Å². The predicted octanol–water partition coefficient (Wildman–Crippen LogP) is 2.40. The van der Waals surface area contributed by atoms with Crippen LogP contribution in [0.2, 0.25) is 0 Å². The highest BCUT2D eigenvalue weighted by atomic mass is 32.2. The molecule has 5 heteroatoms. The first kappa shape index (κ1) is 12.7. The number of carbonyl (C=O) groups excluding carboxylic acids is 1. The minimum atomic E-state index is -0.278. The van der Waals surface area contributed by atoms with Crippen molar-refractivity contribution in [1.29, 1.82) is 0 Å². The maximum atomic E-state index is 11.4. The molecule has 0 bridgehead atoms. The van der Waals surface area contributed by atoms with Crippen LogP contribution in [-0.2, 0) is 4.79 Å². The molecule has 1 aromatic carbocycles. The third-order valence-electron chi connectivity index (χ3n) is 2.19. The lowest BCUT2D eigenvalue weighted by molar-refractivity contribution is -0.113. The molecule has 1 aromatic rings. The maximum Gasteiger partial charge on any atom is 0.286 e. The highest BCUT2D eigenvalue weighted by molar-refractivity contribution is 8.18. The minimum absolute atomic E-state index is 0.148. The van der Waals surface area contributed by atoms with Gasteiger partial charge in [0.05, 0.1) is 11.0 Å². The zero-order chi connectivity index (χ0) is 13.1. The van der Waals surface area contributed by atoms with Crippen LogP contribution in [0.25, 0.3) is 6.08 Å². The number of ether oxygens (including phenoxy) is 1.